The van der Waals surface area contributed by atoms with Crippen LogP contribution in [0, 0.1) is 6.92 Å². The molecule has 2 aromatic carbocycles. The molecule has 1 aromatic heterocycles. The summed E-state index contributed by atoms with van der Waals surface area (Å²) in [6, 6.07) is 16.5. The molecule has 1 aliphatic heterocycles. The molecule has 0 atom stereocenters. The van der Waals surface area contributed by atoms with E-state index >= 15 is 0 Å². The van der Waals surface area contributed by atoms with Gasteiger partial charge in [-0.05, 0) is 43.0 Å². The standard InChI is InChI=1S/C20H20N2O/c1-14-17(16-9-3-4-10-18(16)21-14)13-20(23)22-12-6-8-15-7-2-5-11-19(15)22/h2-5,7,9-11,21H,6,8,12-13H2,1H3. The first-order valence-electron chi connectivity index (χ1n) is 8.18. The van der Waals surface area contributed by atoms with E-state index in [4.69, 9.17) is 0 Å². The first-order valence-corrected chi connectivity index (χ1v) is 8.18. The van der Waals surface area contributed by atoms with Crippen LogP contribution < -0.4 is 4.90 Å². The van der Waals surface area contributed by atoms with E-state index in [9.17, 15) is 4.79 Å². The minimum Gasteiger partial charge on any atom is -0.358 e. The largest absolute Gasteiger partial charge is 0.358 e. The zero-order valence-electron chi connectivity index (χ0n) is 13.3. The van der Waals surface area contributed by atoms with Gasteiger partial charge in [0.2, 0.25) is 5.91 Å². The van der Waals surface area contributed by atoms with Gasteiger partial charge in [-0.3, -0.25) is 4.79 Å². The molecule has 0 aliphatic carbocycles. The average Bonchev–Trinajstić information content (AvgIpc) is 2.90. The van der Waals surface area contributed by atoms with Gasteiger partial charge in [-0.15, -0.1) is 0 Å². The van der Waals surface area contributed by atoms with E-state index in [0.29, 0.717) is 6.42 Å². The van der Waals surface area contributed by atoms with Crippen molar-refractivity contribution in [3.63, 3.8) is 0 Å². The fraction of sp³-hybridized carbons (Fsp3) is 0.250. The lowest BCUT2D eigenvalue weighted by Gasteiger charge is -2.29. The van der Waals surface area contributed by atoms with Crippen LogP contribution in [0.4, 0.5) is 5.69 Å². The summed E-state index contributed by atoms with van der Waals surface area (Å²) < 4.78 is 0. The number of aryl methyl sites for hydroxylation is 2. The molecule has 3 aromatic rings. The maximum absolute atomic E-state index is 12.9. The van der Waals surface area contributed by atoms with E-state index in [1.807, 2.05) is 30.0 Å². The molecule has 0 unspecified atom stereocenters. The second kappa shape index (κ2) is 5.58. The number of para-hydroxylation sites is 2. The Morgan fingerprint density at radius 2 is 1.91 bits per heavy atom. The normalized spacial score (nSPS) is 14.0. The predicted molar refractivity (Wildman–Crippen MR) is 93.9 cm³/mol. The number of H-pyrrole nitrogens is 1. The number of rotatable bonds is 2. The lowest BCUT2D eigenvalue weighted by Crippen LogP contribution is -2.36. The van der Waals surface area contributed by atoms with Crippen molar-refractivity contribution in [1.82, 2.24) is 4.98 Å². The monoisotopic (exact) mass is 304 g/mol. The summed E-state index contributed by atoms with van der Waals surface area (Å²) in [5, 5.41) is 1.16. The molecule has 3 nitrogen and oxygen atoms in total. The van der Waals surface area contributed by atoms with Crippen LogP contribution in [-0.4, -0.2) is 17.4 Å². The van der Waals surface area contributed by atoms with Crippen LogP contribution in [0.25, 0.3) is 10.9 Å². The molecular weight excluding hydrogens is 284 g/mol. The summed E-state index contributed by atoms with van der Waals surface area (Å²) in [6.07, 6.45) is 2.55. The number of carbonyl (C=O) groups excluding carboxylic acids is 1. The Bertz CT molecular complexity index is 878. The van der Waals surface area contributed by atoms with Gasteiger partial charge >= 0.3 is 0 Å². The number of amides is 1. The van der Waals surface area contributed by atoms with Crippen LogP contribution in [0.1, 0.15) is 23.2 Å². The van der Waals surface area contributed by atoms with Crippen molar-refractivity contribution >= 4 is 22.5 Å². The van der Waals surface area contributed by atoms with Gasteiger partial charge < -0.3 is 9.88 Å². The van der Waals surface area contributed by atoms with E-state index in [0.717, 1.165) is 47.2 Å². The number of aromatic amines is 1. The van der Waals surface area contributed by atoms with Gasteiger partial charge in [0.1, 0.15) is 0 Å². The van der Waals surface area contributed by atoms with Gasteiger partial charge in [-0.1, -0.05) is 36.4 Å². The molecule has 0 bridgehead atoms. The number of nitrogens with zero attached hydrogens (tertiary/aromatic N) is 1. The molecule has 0 fully saturated rings. The maximum Gasteiger partial charge on any atom is 0.231 e. The summed E-state index contributed by atoms with van der Waals surface area (Å²) in [5.74, 6) is 0.185. The van der Waals surface area contributed by atoms with Crippen molar-refractivity contribution in [1.29, 1.82) is 0 Å². The molecule has 0 saturated heterocycles. The number of aromatic nitrogens is 1. The number of benzene rings is 2. The summed E-state index contributed by atoms with van der Waals surface area (Å²) in [5.41, 5.74) is 5.68. The van der Waals surface area contributed by atoms with Crippen LogP contribution in [0.15, 0.2) is 48.5 Å². The molecule has 4 rings (SSSR count). The average molecular weight is 304 g/mol. The van der Waals surface area contributed by atoms with Gasteiger partial charge in [0, 0.05) is 28.8 Å². The lowest BCUT2D eigenvalue weighted by molar-refractivity contribution is -0.118. The Balaban J connectivity index is 1.67. The summed E-state index contributed by atoms with van der Waals surface area (Å²) in [6.45, 7) is 2.87. The molecule has 1 aliphatic rings. The van der Waals surface area contributed by atoms with Gasteiger partial charge in [0.25, 0.3) is 0 Å². The fourth-order valence-corrected chi connectivity index (χ4v) is 3.60. The second-order valence-corrected chi connectivity index (χ2v) is 6.23. The van der Waals surface area contributed by atoms with Crippen LogP contribution in [-0.2, 0) is 17.6 Å². The molecule has 116 valence electrons. The van der Waals surface area contributed by atoms with Gasteiger partial charge in [0.15, 0.2) is 0 Å². The highest BCUT2D eigenvalue weighted by Crippen LogP contribution is 2.29. The van der Waals surface area contributed by atoms with Crippen LogP contribution in [0.3, 0.4) is 0 Å². The molecule has 23 heavy (non-hydrogen) atoms. The summed E-state index contributed by atoms with van der Waals surface area (Å²) >= 11 is 0. The van der Waals surface area contributed by atoms with E-state index < -0.39 is 0 Å². The highest BCUT2D eigenvalue weighted by Gasteiger charge is 2.23. The molecule has 3 heteroatoms. The quantitative estimate of drug-likeness (QED) is 0.763. The highest BCUT2D eigenvalue weighted by molar-refractivity contribution is 5.98. The van der Waals surface area contributed by atoms with E-state index in [-0.39, 0.29) is 5.91 Å². The number of nitrogens with one attached hydrogen (secondary N) is 1. The summed E-state index contributed by atoms with van der Waals surface area (Å²) in [7, 11) is 0. The molecular formula is C20H20N2O. The first-order chi connectivity index (χ1) is 11.2. The topological polar surface area (TPSA) is 36.1 Å². The van der Waals surface area contributed by atoms with Crippen LogP contribution >= 0.6 is 0 Å². The maximum atomic E-state index is 12.9. The molecule has 1 amide bonds. The Labute approximate surface area is 135 Å². The van der Waals surface area contributed by atoms with Crippen molar-refractivity contribution in [3.05, 3.63) is 65.4 Å². The minimum absolute atomic E-state index is 0.185. The third-order valence-corrected chi connectivity index (χ3v) is 4.77. The van der Waals surface area contributed by atoms with Crippen LogP contribution in [0.2, 0.25) is 0 Å². The predicted octanol–water partition coefficient (Wildman–Crippen LogP) is 4.00. The third kappa shape index (κ3) is 2.42. The Hall–Kier alpha value is -2.55. The van der Waals surface area contributed by atoms with Gasteiger partial charge in [0.05, 0.1) is 6.42 Å². The van der Waals surface area contributed by atoms with Gasteiger partial charge in [-0.2, -0.15) is 0 Å². The zero-order chi connectivity index (χ0) is 15.8. The van der Waals surface area contributed by atoms with Crippen molar-refractivity contribution in [2.75, 3.05) is 11.4 Å². The SMILES string of the molecule is Cc1[nH]c2ccccc2c1CC(=O)N1CCCc2ccccc21. The number of carbonyl (C=O) groups is 1. The zero-order valence-corrected chi connectivity index (χ0v) is 13.3. The molecule has 0 spiro atoms. The van der Waals surface area contributed by atoms with Crippen molar-refractivity contribution < 1.29 is 4.79 Å². The Morgan fingerprint density at radius 3 is 2.83 bits per heavy atom. The van der Waals surface area contributed by atoms with Crippen molar-refractivity contribution in [3.8, 4) is 0 Å². The number of hydrogen-bond acceptors (Lipinski definition) is 1. The minimum atomic E-state index is 0.185. The van der Waals surface area contributed by atoms with E-state index in [2.05, 4.69) is 35.3 Å². The summed E-state index contributed by atoms with van der Waals surface area (Å²) in [4.78, 5) is 18.3. The van der Waals surface area contributed by atoms with Crippen molar-refractivity contribution in [2.24, 2.45) is 0 Å². The number of fused-ring (bicyclic) bond motifs is 2. The molecule has 0 radical (unpaired) electrons. The molecule has 1 N–H and O–H groups in total. The molecule has 0 saturated carbocycles. The van der Waals surface area contributed by atoms with Crippen LogP contribution in [0.5, 0.6) is 0 Å². The molecule has 2 heterocycles. The second-order valence-electron chi connectivity index (χ2n) is 6.23. The number of hydrogen-bond donors (Lipinski definition) is 1. The van der Waals surface area contributed by atoms with E-state index in [1.54, 1.807) is 0 Å². The van der Waals surface area contributed by atoms with E-state index in [1.165, 1.54) is 5.56 Å². The fourth-order valence-electron chi connectivity index (χ4n) is 3.60. The Kier molecular flexibility index (Phi) is 3.41. The van der Waals surface area contributed by atoms with Gasteiger partial charge in [-0.25, -0.2) is 0 Å². The number of anilines is 1. The smallest absolute Gasteiger partial charge is 0.231 e. The first kappa shape index (κ1) is 14.1. The third-order valence-electron chi connectivity index (χ3n) is 4.77. The Morgan fingerprint density at radius 1 is 1.13 bits per heavy atom. The van der Waals surface area contributed by atoms with Crippen molar-refractivity contribution in [2.45, 2.75) is 26.2 Å². The lowest BCUT2D eigenvalue weighted by atomic mass is 10.0. The highest BCUT2D eigenvalue weighted by atomic mass is 16.2.